The van der Waals surface area contributed by atoms with E-state index in [0.29, 0.717) is 5.92 Å². The molecule has 1 aliphatic carbocycles. The standard InChI is InChI=1S/C28H27N/c1-17(2)12-20-9-7-11-23-24(20)15-19(4)29-28(23)27-14-18(3)13-25-22-10-6-5-8-21(22)16-26(25)27/h5-11,13-15,17H,12,16H2,1-4H3. The molecule has 1 heterocycles. The molecule has 0 aliphatic heterocycles. The molecule has 4 aromatic rings. The van der Waals surface area contributed by atoms with Crippen molar-refractivity contribution in [2.75, 3.05) is 0 Å². The van der Waals surface area contributed by atoms with Crippen molar-refractivity contribution in [3.8, 4) is 22.4 Å². The molecule has 0 N–H and O–H groups in total. The Morgan fingerprint density at radius 3 is 2.45 bits per heavy atom. The first-order valence-corrected chi connectivity index (χ1v) is 10.6. The summed E-state index contributed by atoms with van der Waals surface area (Å²) in [5.41, 5.74) is 11.9. The maximum absolute atomic E-state index is 5.07. The highest BCUT2D eigenvalue weighted by Gasteiger charge is 2.23. The van der Waals surface area contributed by atoms with Crippen LogP contribution in [0.3, 0.4) is 0 Å². The summed E-state index contributed by atoms with van der Waals surface area (Å²) in [6.07, 6.45) is 2.08. The molecule has 29 heavy (non-hydrogen) atoms. The van der Waals surface area contributed by atoms with Gasteiger partial charge in [0.15, 0.2) is 0 Å². The summed E-state index contributed by atoms with van der Waals surface area (Å²) in [6.45, 7) is 8.91. The van der Waals surface area contributed by atoms with Crippen LogP contribution < -0.4 is 0 Å². The monoisotopic (exact) mass is 377 g/mol. The SMILES string of the molecule is Cc1cc2c(c(-c3nc(C)cc4c(CC(C)C)cccc34)c1)Cc1ccccc1-2. The second-order valence-electron chi connectivity index (χ2n) is 8.89. The second kappa shape index (κ2) is 6.84. The average Bonchev–Trinajstić information content (AvgIpc) is 3.05. The fourth-order valence-corrected chi connectivity index (χ4v) is 4.88. The predicted octanol–water partition coefficient (Wildman–Crippen LogP) is 7.29. The van der Waals surface area contributed by atoms with E-state index in [1.807, 2.05) is 0 Å². The minimum Gasteiger partial charge on any atom is -0.252 e. The smallest absolute Gasteiger partial charge is 0.0786 e. The number of aromatic nitrogens is 1. The van der Waals surface area contributed by atoms with Crippen molar-refractivity contribution in [1.29, 1.82) is 0 Å². The van der Waals surface area contributed by atoms with Crippen molar-refractivity contribution in [2.24, 2.45) is 5.92 Å². The number of hydrogen-bond donors (Lipinski definition) is 0. The van der Waals surface area contributed by atoms with E-state index in [-0.39, 0.29) is 0 Å². The molecule has 1 heteroatoms. The van der Waals surface area contributed by atoms with E-state index in [4.69, 9.17) is 4.98 Å². The fraction of sp³-hybridized carbons (Fsp3) is 0.250. The van der Waals surface area contributed by atoms with Gasteiger partial charge < -0.3 is 0 Å². The lowest BCUT2D eigenvalue weighted by molar-refractivity contribution is 0.650. The number of benzene rings is 3. The number of aryl methyl sites for hydroxylation is 2. The van der Waals surface area contributed by atoms with Crippen molar-refractivity contribution in [1.82, 2.24) is 4.98 Å². The highest BCUT2D eigenvalue weighted by molar-refractivity contribution is 5.99. The molecule has 0 radical (unpaired) electrons. The zero-order chi connectivity index (χ0) is 20.1. The van der Waals surface area contributed by atoms with Gasteiger partial charge in [-0.05, 0) is 83.5 Å². The zero-order valence-corrected chi connectivity index (χ0v) is 17.7. The van der Waals surface area contributed by atoms with Gasteiger partial charge in [0.2, 0.25) is 0 Å². The quantitative estimate of drug-likeness (QED) is 0.322. The Labute approximate surface area is 173 Å². The molecule has 0 spiro atoms. The van der Waals surface area contributed by atoms with Crippen LogP contribution in [0, 0.1) is 19.8 Å². The Hall–Kier alpha value is -2.93. The molecule has 0 bridgehead atoms. The van der Waals surface area contributed by atoms with Crippen LogP contribution in [0.4, 0.5) is 0 Å². The van der Waals surface area contributed by atoms with Crippen LogP contribution in [0.1, 0.15) is 41.8 Å². The summed E-state index contributed by atoms with van der Waals surface area (Å²) in [7, 11) is 0. The molecule has 1 nitrogen and oxygen atoms in total. The van der Waals surface area contributed by atoms with Crippen molar-refractivity contribution in [2.45, 2.75) is 40.5 Å². The Morgan fingerprint density at radius 2 is 1.62 bits per heavy atom. The summed E-state index contributed by atoms with van der Waals surface area (Å²) in [5.74, 6) is 0.634. The first-order valence-electron chi connectivity index (χ1n) is 10.6. The Morgan fingerprint density at radius 1 is 0.828 bits per heavy atom. The van der Waals surface area contributed by atoms with Crippen molar-refractivity contribution >= 4 is 10.8 Å². The third-order valence-corrected chi connectivity index (χ3v) is 6.05. The van der Waals surface area contributed by atoms with Crippen LogP contribution in [0.2, 0.25) is 0 Å². The molecule has 3 aromatic carbocycles. The van der Waals surface area contributed by atoms with E-state index in [1.54, 1.807) is 0 Å². The molecular weight excluding hydrogens is 350 g/mol. The number of fused-ring (bicyclic) bond motifs is 4. The van der Waals surface area contributed by atoms with E-state index < -0.39 is 0 Å². The third-order valence-electron chi connectivity index (χ3n) is 6.05. The van der Waals surface area contributed by atoms with Crippen molar-refractivity contribution < 1.29 is 0 Å². The number of rotatable bonds is 3. The summed E-state index contributed by atoms with van der Waals surface area (Å²) in [6, 6.07) is 22.5. The van der Waals surface area contributed by atoms with Gasteiger partial charge >= 0.3 is 0 Å². The van der Waals surface area contributed by atoms with Crippen LogP contribution in [0.5, 0.6) is 0 Å². The van der Waals surface area contributed by atoms with E-state index in [2.05, 4.69) is 88.4 Å². The number of hydrogen-bond acceptors (Lipinski definition) is 1. The summed E-state index contributed by atoms with van der Waals surface area (Å²) in [4.78, 5) is 5.07. The van der Waals surface area contributed by atoms with Crippen LogP contribution in [0.15, 0.2) is 60.7 Å². The molecule has 0 amide bonds. The summed E-state index contributed by atoms with van der Waals surface area (Å²) in [5, 5.41) is 2.63. The van der Waals surface area contributed by atoms with E-state index in [9.17, 15) is 0 Å². The molecule has 0 atom stereocenters. The molecule has 1 aliphatic rings. The normalized spacial score (nSPS) is 12.4. The van der Waals surface area contributed by atoms with Crippen LogP contribution in [0.25, 0.3) is 33.2 Å². The van der Waals surface area contributed by atoms with E-state index in [1.165, 1.54) is 49.7 Å². The maximum atomic E-state index is 5.07. The zero-order valence-electron chi connectivity index (χ0n) is 17.7. The van der Waals surface area contributed by atoms with E-state index in [0.717, 1.165) is 24.2 Å². The van der Waals surface area contributed by atoms with E-state index >= 15 is 0 Å². The first kappa shape index (κ1) is 18.1. The fourth-order valence-electron chi connectivity index (χ4n) is 4.88. The molecule has 0 unspecified atom stereocenters. The number of pyridine rings is 1. The largest absolute Gasteiger partial charge is 0.252 e. The molecule has 5 rings (SSSR count). The van der Waals surface area contributed by atoms with Crippen molar-refractivity contribution in [3.63, 3.8) is 0 Å². The molecule has 144 valence electrons. The van der Waals surface area contributed by atoms with Gasteiger partial charge in [-0.2, -0.15) is 0 Å². The second-order valence-corrected chi connectivity index (χ2v) is 8.89. The lowest BCUT2D eigenvalue weighted by atomic mass is 9.91. The molecule has 0 fully saturated rings. The lowest BCUT2D eigenvalue weighted by Gasteiger charge is -2.16. The van der Waals surface area contributed by atoms with Gasteiger partial charge in [0.1, 0.15) is 0 Å². The van der Waals surface area contributed by atoms with Gasteiger partial charge in [-0.15, -0.1) is 0 Å². The third kappa shape index (κ3) is 3.06. The van der Waals surface area contributed by atoms with Crippen LogP contribution >= 0.6 is 0 Å². The van der Waals surface area contributed by atoms with Gasteiger partial charge in [0, 0.05) is 16.6 Å². The van der Waals surface area contributed by atoms with Gasteiger partial charge in [-0.1, -0.05) is 62.4 Å². The molecular formula is C28H27N. The topological polar surface area (TPSA) is 12.9 Å². The minimum absolute atomic E-state index is 0.634. The van der Waals surface area contributed by atoms with Crippen LogP contribution in [-0.2, 0) is 12.8 Å². The van der Waals surface area contributed by atoms with Gasteiger partial charge in [0.05, 0.1) is 5.69 Å². The van der Waals surface area contributed by atoms with Crippen molar-refractivity contribution in [3.05, 3.63) is 88.6 Å². The molecule has 1 aromatic heterocycles. The Bertz CT molecular complexity index is 1250. The Kier molecular flexibility index (Phi) is 4.28. The number of nitrogens with zero attached hydrogens (tertiary/aromatic N) is 1. The highest BCUT2D eigenvalue weighted by Crippen LogP contribution is 2.43. The molecule has 0 saturated carbocycles. The first-order chi connectivity index (χ1) is 14.0. The highest BCUT2D eigenvalue weighted by atomic mass is 14.7. The average molecular weight is 378 g/mol. The van der Waals surface area contributed by atoms with Gasteiger partial charge in [-0.3, -0.25) is 4.98 Å². The lowest BCUT2D eigenvalue weighted by Crippen LogP contribution is -1.99. The van der Waals surface area contributed by atoms with Gasteiger partial charge in [0.25, 0.3) is 0 Å². The molecule has 0 saturated heterocycles. The maximum Gasteiger partial charge on any atom is 0.0786 e. The predicted molar refractivity (Wildman–Crippen MR) is 123 cm³/mol. The minimum atomic E-state index is 0.634. The summed E-state index contributed by atoms with van der Waals surface area (Å²) < 4.78 is 0. The van der Waals surface area contributed by atoms with Crippen LogP contribution in [-0.4, -0.2) is 4.98 Å². The Balaban J connectivity index is 1.79. The summed E-state index contributed by atoms with van der Waals surface area (Å²) >= 11 is 0. The van der Waals surface area contributed by atoms with Gasteiger partial charge in [-0.25, -0.2) is 0 Å².